The normalized spacial score (nSPS) is 22.5. The monoisotopic (exact) mass is 373 g/mol. The molecule has 27 heavy (non-hydrogen) atoms. The largest absolute Gasteiger partial charge is 0.379 e. The number of morpholine rings is 1. The second kappa shape index (κ2) is 9.33. The van der Waals surface area contributed by atoms with E-state index in [4.69, 9.17) is 4.74 Å². The van der Waals surface area contributed by atoms with Gasteiger partial charge in [0.2, 0.25) is 11.8 Å². The number of nitrogens with zero attached hydrogens (tertiary/aromatic N) is 2. The smallest absolute Gasteiger partial charge is 0.227 e. The van der Waals surface area contributed by atoms with Gasteiger partial charge in [-0.1, -0.05) is 30.3 Å². The van der Waals surface area contributed by atoms with Crippen molar-refractivity contribution in [3.63, 3.8) is 0 Å². The van der Waals surface area contributed by atoms with Crippen LogP contribution in [0.2, 0.25) is 0 Å². The fraction of sp³-hybridized carbons (Fsp3) is 0.619. The van der Waals surface area contributed by atoms with Crippen LogP contribution in [0.25, 0.3) is 0 Å². The molecule has 1 aromatic carbocycles. The minimum Gasteiger partial charge on any atom is -0.379 e. The predicted molar refractivity (Wildman–Crippen MR) is 104 cm³/mol. The third-order valence-electron chi connectivity index (χ3n) is 5.38. The van der Waals surface area contributed by atoms with E-state index in [-0.39, 0.29) is 29.7 Å². The maximum Gasteiger partial charge on any atom is 0.227 e. The summed E-state index contributed by atoms with van der Waals surface area (Å²) < 4.78 is 5.33. The zero-order chi connectivity index (χ0) is 19.2. The van der Waals surface area contributed by atoms with Crippen LogP contribution in [0.5, 0.6) is 0 Å². The van der Waals surface area contributed by atoms with E-state index < -0.39 is 0 Å². The van der Waals surface area contributed by atoms with Gasteiger partial charge in [-0.3, -0.25) is 14.5 Å². The zero-order valence-corrected chi connectivity index (χ0v) is 16.4. The molecule has 0 spiro atoms. The van der Waals surface area contributed by atoms with Gasteiger partial charge in [-0.2, -0.15) is 0 Å². The van der Waals surface area contributed by atoms with Crippen LogP contribution in [0.3, 0.4) is 0 Å². The summed E-state index contributed by atoms with van der Waals surface area (Å²) in [5.41, 5.74) is 1.12. The molecule has 1 aliphatic carbocycles. The number of carbonyl (C=O) groups excluding carboxylic acids is 2. The van der Waals surface area contributed by atoms with Crippen LogP contribution in [-0.2, 0) is 20.9 Å². The Kier molecular flexibility index (Phi) is 6.85. The minimum atomic E-state index is -0.167. The highest BCUT2D eigenvalue weighted by molar-refractivity contribution is 5.92. The molecule has 6 nitrogen and oxygen atoms in total. The van der Waals surface area contributed by atoms with Gasteiger partial charge in [-0.15, -0.1) is 0 Å². The Morgan fingerprint density at radius 1 is 1.19 bits per heavy atom. The summed E-state index contributed by atoms with van der Waals surface area (Å²) in [6, 6.07) is 10.1. The molecule has 1 aromatic rings. The molecular formula is C21H31N3O3. The maximum atomic E-state index is 12.9. The number of hydrogen-bond donors (Lipinski definition) is 1. The van der Waals surface area contributed by atoms with E-state index in [0.717, 1.165) is 38.4 Å². The van der Waals surface area contributed by atoms with Gasteiger partial charge in [0.1, 0.15) is 0 Å². The van der Waals surface area contributed by atoms with E-state index in [0.29, 0.717) is 19.5 Å². The number of amides is 2. The lowest BCUT2D eigenvalue weighted by Crippen LogP contribution is -2.42. The Hall–Kier alpha value is -1.92. The summed E-state index contributed by atoms with van der Waals surface area (Å²) in [6.45, 7) is 9.49. The average Bonchev–Trinajstić information content (AvgIpc) is 3.48. The van der Waals surface area contributed by atoms with Crippen LogP contribution in [0.15, 0.2) is 30.3 Å². The lowest BCUT2D eigenvalue weighted by Gasteiger charge is -2.27. The molecule has 1 N–H and O–H groups in total. The number of carbonyl (C=O) groups is 2. The van der Waals surface area contributed by atoms with Crippen LogP contribution in [0.4, 0.5) is 0 Å². The quantitative estimate of drug-likeness (QED) is 0.750. The first-order valence-corrected chi connectivity index (χ1v) is 9.98. The Labute approximate surface area is 161 Å². The number of ether oxygens (including phenoxy) is 1. The van der Waals surface area contributed by atoms with Crippen LogP contribution in [0.1, 0.15) is 25.8 Å². The van der Waals surface area contributed by atoms with Crippen molar-refractivity contribution in [2.75, 3.05) is 39.4 Å². The molecule has 2 fully saturated rings. The highest BCUT2D eigenvalue weighted by atomic mass is 16.5. The maximum absolute atomic E-state index is 12.9. The molecule has 6 heteroatoms. The van der Waals surface area contributed by atoms with Crippen molar-refractivity contribution in [2.45, 2.75) is 32.9 Å². The van der Waals surface area contributed by atoms with Gasteiger partial charge in [0.25, 0.3) is 0 Å². The second-order valence-corrected chi connectivity index (χ2v) is 7.74. The molecule has 148 valence electrons. The standard InChI is InChI=1S/C21H31N3O3/c1-16(2)24(15-17-6-4-3-5-7-17)21(26)19-14-18(19)20(25)22-8-9-23-10-12-27-13-11-23/h3-7,16,18-19H,8-15H2,1-2H3,(H,22,25). The van der Waals surface area contributed by atoms with E-state index in [2.05, 4.69) is 10.2 Å². The molecule has 2 unspecified atom stereocenters. The summed E-state index contributed by atoms with van der Waals surface area (Å²) >= 11 is 0. The topological polar surface area (TPSA) is 61.9 Å². The molecule has 1 aliphatic heterocycles. The van der Waals surface area contributed by atoms with Gasteiger partial charge >= 0.3 is 0 Å². The number of benzene rings is 1. The summed E-state index contributed by atoms with van der Waals surface area (Å²) in [5.74, 6) is -0.217. The number of hydrogen-bond acceptors (Lipinski definition) is 4. The molecule has 2 atom stereocenters. The van der Waals surface area contributed by atoms with Crippen LogP contribution in [-0.4, -0.2) is 67.0 Å². The zero-order valence-electron chi connectivity index (χ0n) is 16.4. The van der Waals surface area contributed by atoms with E-state index in [1.165, 1.54) is 0 Å². The number of nitrogens with one attached hydrogen (secondary N) is 1. The lowest BCUT2D eigenvalue weighted by molar-refractivity contribution is -0.136. The summed E-state index contributed by atoms with van der Waals surface area (Å²) in [5, 5.41) is 3.00. The van der Waals surface area contributed by atoms with Crippen molar-refractivity contribution in [3.05, 3.63) is 35.9 Å². The van der Waals surface area contributed by atoms with Crippen molar-refractivity contribution >= 4 is 11.8 Å². The van der Waals surface area contributed by atoms with Crippen molar-refractivity contribution in [1.29, 1.82) is 0 Å². The minimum absolute atomic E-state index is 0.0185. The molecule has 0 aromatic heterocycles. The first kappa shape index (κ1) is 19.8. The molecule has 1 saturated heterocycles. The van der Waals surface area contributed by atoms with Crippen molar-refractivity contribution in [3.8, 4) is 0 Å². The Bertz CT molecular complexity index is 629. The molecule has 2 aliphatic rings. The van der Waals surface area contributed by atoms with E-state index in [1.807, 2.05) is 49.1 Å². The van der Waals surface area contributed by atoms with E-state index in [1.54, 1.807) is 0 Å². The molecule has 1 saturated carbocycles. The van der Waals surface area contributed by atoms with Crippen LogP contribution < -0.4 is 5.32 Å². The van der Waals surface area contributed by atoms with Crippen molar-refractivity contribution in [2.24, 2.45) is 11.8 Å². The Balaban J connectivity index is 1.45. The Morgan fingerprint density at radius 3 is 2.56 bits per heavy atom. The van der Waals surface area contributed by atoms with Gasteiger partial charge in [-0.25, -0.2) is 0 Å². The average molecular weight is 373 g/mol. The first-order valence-electron chi connectivity index (χ1n) is 9.98. The van der Waals surface area contributed by atoms with Gasteiger partial charge in [-0.05, 0) is 25.8 Å². The Morgan fingerprint density at radius 2 is 1.89 bits per heavy atom. The summed E-state index contributed by atoms with van der Waals surface area (Å²) in [7, 11) is 0. The summed E-state index contributed by atoms with van der Waals surface area (Å²) in [6.07, 6.45) is 0.667. The fourth-order valence-corrected chi connectivity index (χ4v) is 3.56. The molecule has 1 heterocycles. The van der Waals surface area contributed by atoms with Gasteiger partial charge in [0.05, 0.1) is 25.0 Å². The molecule has 3 rings (SSSR count). The highest BCUT2D eigenvalue weighted by Gasteiger charge is 2.49. The molecule has 2 amide bonds. The van der Waals surface area contributed by atoms with Crippen molar-refractivity contribution < 1.29 is 14.3 Å². The molecule has 0 bridgehead atoms. The number of rotatable bonds is 8. The molecular weight excluding hydrogens is 342 g/mol. The van der Waals surface area contributed by atoms with Crippen LogP contribution in [0, 0.1) is 11.8 Å². The van der Waals surface area contributed by atoms with Gasteiger partial charge in [0.15, 0.2) is 0 Å². The third kappa shape index (κ3) is 5.53. The first-order chi connectivity index (χ1) is 13.1. The van der Waals surface area contributed by atoms with Gasteiger partial charge in [0, 0.05) is 38.8 Å². The predicted octanol–water partition coefficient (Wildman–Crippen LogP) is 1.51. The lowest BCUT2D eigenvalue weighted by atomic mass is 10.1. The van der Waals surface area contributed by atoms with Crippen LogP contribution >= 0.6 is 0 Å². The fourth-order valence-electron chi connectivity index (χ4n) is 3.56. The highest BCUT2D eigenvalue weighted by Crippen LogP contribution is 2.40. The second-order valence-electron chi connectivity index (χ2n) is 7.74. The SMILES string of the molecule is CC(C)N(Cc1ccccc1)C(=O)C1CC1C(=O)NCCN1CCOCC1. The third-order valence-corrected chi connectivity index (χ3v) is 5.38. The van der Waals surface area contributed by atoms with Crippen molar-refractivity contribution in [1.82, 2.24) is 15.1 Å². The molecule has 0 radical (unpaired) electrons. The summed E-state index contributed by atoms with van der Waals surface area (Å²) in [4.78, 5) is 29.5. The van der Waals surface area contributed by atoms with Gasteiger partial charge < -0.3 is 15.0 Å². The van der Waals surface area contributed by atoms with E-state index >= 15 is 0 Å². The van der Waals surface area contributed by atoms with E-state index in [9.17, 15) is 9.59 Å².